The van der Waals surface area contributed by atoms with Crippen molar-refractivity contribution < 1.29 is 137 Å². The Morgan fingerprint density at radius 3 is 1.56 bits per heavy atom. The number of esters is 1. The van der Waals surface area contributed by atoms with Gasteiger partial charge in [-0.05, 0) is 101 Å². The van der Waals surface area contributed by atoms with E-state index in [0.717, 1.165) is 46.5 Å². The van der Waals surface area contributed by atoms with Crippen LogP contribution in [0.4, 0.5) is 16.3 Å². The number of halogens is 8. The molecule has 5 unspecified atom stereocenters. The summed E-state index contributed by atoms with van der Waals surface area (Å²) in [6, 6.07) is 11.0. The molecule has 3 saturated heterocycles. The number of nitrogens with two attached hydrogens (primary N) is 3. The molecule has 144 heavy (non-hydrogen) atoms. The van der Waals surface area contributed by atoms with Crippen LogP contribution in [0.2, 0.25) is 0 Å². The molecule has 2 aromatic heterocycles. The molecule has 2 bridgehead atoms. The zero-order valence-electron chi connectivity index (χ0n) is 83.0. The molecule has 826 valence electrons. The van der Waals surface area contributed by atoms with Crippen molar-refractivity contribution in [2.75, 3.05) is 195 Å². The third-order valence-corrected chi connectivity index (χ3v) is 29.8. The molecule has 4 fully saturated rings. The summed E-state index contributed by atoms with van der Waals surface area (Å²) in [7, 11) is 3.64. The van der Waals surface area contributed by atoms with E-state index in [1.54, 1.807) is 28.1 Å². The molecule has 1 saturated carbocycles. The fourth-order valence-electron chi connectivity index (χ4n) is 18.8. The Hall–Kier alpha value is -4.92. The van der Waals surface area contributed by atoms with Crippen molar-refractivity contribution in [1.29, 1.82) is 0 Å². The third kappa shape index (κ3) is 36.1. The number of carbonyl (C=O) groups excluding carboxylic acids is 6. The van der Waals surface area contributed by atoms with Crippen molar-refractivity contribution in [2.45, 2.75) is 206 Å². The van der Waals surface area contributed by atoms with Crippen LogP contribution in [0, 0.1) is 11.3 Å². The molecule has 4 aromatic rings. The number of amides is 5. The Morgan fingerprint density at radius 1 is 0.674 bits per heavy atom. The number of fused-ring (bicyclic) bond motifs is 6. The number of ether oxygens (including phenoxy) is 3. The maximum Gasteiger partial charge on any atom is 0.404 e. The smallest absolute Gasteiger partial charge is 0.404 e. The van der Waals surface area contributed by atoms with E-state index in [9.17, 15) is 80.1 Å². The second-order valence-corrected chi connectivity index (χ2v) is 41.0. The van der Waals surface area contributed by atoms with Crippen molar-refractivity contribution in [2.24, 2.45) is 38.9 Å². The summed E-state index contributed by atoms with van der Waals surface area (Å²) in [6.07, 6.45) is -7.38. The molecule has 11 rings (SSSR count). The number of anilines is 1. The first-order valence-electron chi connectivity index (χ1n) is 46.9. The van der Waals surface area contributed by atoms with Crippen LogP contribution < -0.4 is 37.5 Å². The van der Waals surface area contributed by atoms with Crippen LogP contribution in [-0.2, 0) is 56.3 Å². The van der Waals surface area contributed by atoms with E-state index in [1.807, 2.05) is 72.0 Å². The zero-order valence-corrected chi connectivity index (χ0v) is 94.8. The van der Waals surface area contributed by atoms with Gasteiger partial charge in [-0.1, -0.05) is 166 Å². The number of primary amides is 3. The van der Waals surface area contributed by atoms with Crippen LogP contribution in [0.15, 0.2) is 65.2 Å². The lowest BCUT2D eigenvalue weighted by Gasteiger charge is -2.63. The molecule has 2 aromatic carbocycles. The first kappa shape index (κ1) is 133. The Bertz CT molecular complexity index is 4600. The van der Waals surface area contributed by atoms with Gasteiger partial charge in [-0.2, -0.15) is 8.42 Å². The first-order valence-corrected chi connectivity index (χ1v) is 56.1. The van der Waals surface area contributed by atoms with Gasteiger partial charge in [0.1, 0.15) is 53.9 Å². The fourth-order valence-corrected chi connectivity index (χ4v) is 21.3. The number of imidazole rings is 1. The summed E-state index contributed by atoms with van der Waals surface area (Å²) in [5.74, 6) is -0.300. The van der Waals surface area contributed by atoms with Crippen LogP contribution in [0.25, 0.3) is 10.9 Å². The van der Waals surface area contributed by atoms with Gasteiger partial charge in [0, 0.05) is 207 Å². The summed E-state index contributed by atoms with van der Waals surface area (Å²) in [5, 5.41) is 166. The number of methoxy groups -OCH3 is 2. The number of hydrogen-bond donors (Lipinski definition) is 24. The van der Waals surface area contributed by atoms with Gasteiger partial charge in [0.25, 0.3) is 11.8 Å². The summed E-state index contributed by atoms with van der Waals surface area (Å²) >= 11 is 29.1. The average molecular weight is 2500 g/mol. The molecule has 22 atom stereocenters. The molecular weight excluding hydrogens is 2350 g/mol. The standard InChI is InChI=1S/C43H55N5O7.C10H16Br2N2O2.C10H22Cl2N2O4.2C6H12Br2O4.C6H10N6O.C6H15N.C3H7NO2.H2O4S/c1-6-39(52)21-25-22-42(38(51)55-5,33-27(13-17-47(23-25)24-39)26-11-8-9-12-30(26)45-33)29-19-28-31(20-32(29)54-4)46(3)35-41(28)15-18-48-16-10-14-40(7-2,34(41)48)36(49)43(35,53)37(44)50;11-3-1-9(15)13-5-7-14(8-6-13)10(16)2-4-12;11-1-3-13-5-7(15)9(17)10(18)8(16)6-14-4-2-12;2*7-1-3(9)5(11)6(12)4(10)2-8;1-12(2)11-10-6-4(5(7)13)8-3-9-6;1-4-7(5-2)6-3;1-2-6-3(4)5;1-5(2,3)4/h8-12,14,19-20,25,34-36,45,49,52-53H,6-7,13,15-18,21-24H2,1-5H3,(H2,44,50);1-8H2;7-10,13-18H,1-6H2;2*3-6,9-12H,1-2H2;3H,1-2H3,(H2,7,13)(H,8,9);4-6H2,1-3H3;2H2,1H3,(H2,4,5);(H2,1,2,3,4)/t25-,34+,35-,36-,39+,40-,41-,42+,43+;;7-,8-,9-,10-;3-,4-,5-,6-;;;;;/m1.11...../s1. The number of aliphatic hydroxyl groups excluding tert-OH is 13. The van der Waals surface area contributed by atoms with Gasteiger partial charge in [0.2, 0.25) is 17.6 Å². The summed E-state index contributed by atoms with van der Waals surface area (Å²) in [4.78, 5) is 95.2. The lowest BCUT2D eigenvalue weighted by molar-refractivity contribution is -0.201. The Labute approximate surface area is 901 Å². The predicted octanol–water partition coefficient (Wildman–Crippen LogP) is 1.35. The number of benzene rings is 2. The van der Waals surface area contributed by atoms with Gasteiger partial charge in [0.05, 0.1) is 75.4 Å². The minimum atomic E-state index is -4.67. The van der Waals surface area contributed by atoms with Crippen LogP contribution in [0.5, 0.6) is 5.75 Å². The van der Waals surface area contributed by atoms with E-state index in [-0.39, 0.29) is 69.7 Å². The van der Waals surface area contributed by atoms with E-state index < -0.39 is 147 Å². The van der Waals surface area contributed by atoms with E-state index in [2.05, 4.69) is 190 Å². The summed E-state index contributed by atoms with van der Waals surface area (Å²) in [6.45, 7) is 23.4. The number of carbonyl (C=O) groups is 6. The quantitative estimate of drug-likeness (QED) is 0.00573. The molecule has 54 heteroatoms. The Morgan fingerprint density at radius 2 is 1.16 bits per heavy atom. The maximum atomic E-state index is 15.2. The molecule has 27 N–H and O–H groups in total. The monoisotopic (exact) mass is 2490 g/mol. The molecule has 1 spiro atoms. The highest BCUT2D eigenvalue weighted by Crippen LogP contribution is 2.68. The number of likely N-dealkylation sites (N-methyl/N-ethyl adjacent to an activating group) is 1. The van der Waals surface area contributed by atoms with Gasteiger partial charge in [0.15, 0.2) is 11.3 Å². The number of aliphatic hydroxyl groups is 15. The highest BCUT2D eigenvalue weighted by molar-refractivity contribution is 9.10. The van der Waals surface area contributed by atoms with Gasteiger partial charge in [-0.25, -0.2) is 9.78 Å². The van der Waals surface area contributed by atoms with Crippen molar-refractivity contribution in [1.82, 2.24) is 55.1 Å². The average Bonchev–Trinajstić information content (AvgIpc) is 1.46. The molecule has 8 heterocycles. The number of nitrogens with zero attached hydrogens (tertiary/aromatic N) is 10. The topological polar surface area (TPSA) is 702 Å². The molecule has 0 radical (unpaired) electrons. The highest BCUT2D eigenvalue weighted by atomic mass is 79.9. The normalized spacial score (nSPS) is 24.8. The number of rotatable bonds is 38. The van der Waals surface area contributed by atoms with Gasteiger partial charge in [-0.15, -0.1) is 28.3 Å². The molecule has 6 aliphatic heterocycles. The number of para-hydroxylation sites is 1. The maximum absolute atomic E-state index is 15.2. The van der Waals surface area contributed by atoms with Crippen LogP contribution in [0.3, 0.4) is 0 Å². The summed E-state index contributed by atoms with van der Waals surface area (Å²) < 4.78 is 48.0. The van der Waals surface area contributed by atoms with Crippen molar-refractivity contribution in [3.05, 3.63) is 83.0 Å². The van der Waals surface area contributed by atoms with Crippen LogP contribution in [0.1, 0.15) is 119 Å². The second-order valence-electron chi connectivity index (χ2n) is 35.2. The van der Waals surface area contributed by atoms with Crippen LogP contribution in [-0.4, -0.2) is 467 Å². The second kappa shape index (κ2) is 64.8. The molecule has 5 amide bonds. The lowest BCUT2D eigenvalue weighted by atomic mass is 9.47. The largest absolute Gasteiger partial charge is 0.496 e. The molecular formula is C90H151Br6Cl2N17O28S. The molecule has 1 aliphatic carbocycles. The number of aromatic nitrogens is 3. The number of alkyl halides is 8. The Balaban J connectivity index is 0.000000490. The van der Waals surface area contributed by atoms with E-state index >= 15 is 4.79 Å². The number of nitrogens with one attached hydrogen (secondary N) is 4. The van der Waals surface area contributed by atoms with E-state index in [0.29, 0.717) is 151 Å². The lowest BCUT2D eigenvalue weighted by Crippen LogP contribution is -2.81. The predicted molar refractivity (Wildman–Crippen MR) is 567 cm³/mol. The van der Waals surface area contributed by atoms with Crippen molar-refractivity contribution >= 4 is 187 Å². The first-order chi connectivity index (χ1) is 67.8. The molecule has 7 aliphatic rings. The number of aromatic amines is 2. The van der Waals surface area contributed by atoms with Gasteiger partial charge < -0.3 is 148 Å². The Kier molecular flexibility index (Phi) is 60.0. The van der Waals surface area contributed by atoms with E-state index in [1.165, 1.54) is 38.1 Å². The van der Waals surface area contributed by atoms with E-state index in [4.69, 9.17) is 82.1 Å². The molecule has 45 nitrogen and oxygen atoms in total. The summed E-state index contributed by atoms with van der Waals surface area (Å²) in [5.41, 5.74) is 14.5. The number of H-pyrrole nitrogens is 2. The SMILES string of the molecule is CCN(CC)CC.CCOC(N)=O.CC[C@]1(O)C[C@H]2CN(CCc3c([nH]c4ccccc34)[C@@](C(=O)OC)(c3cc4c(cc3OC)N(C)[C@H]3[C@@](O)(C(N)=O)[C@H](O)[C@]5(CC)C=CCN6CC[C@]43[C@@H]65)C2)C1.CN(C)N=Nc1nc[nH]c1C(N)=O.O=C(CCBr)N1CCN(C(=O)CCBr)CC1.O=S(=O)(O)O.OC(CBr)C(O)C(O)C(O)CBr.O[C@@H]([C@H](O)[C@H](O)CBr)[C@H](O)CBr.O[C@@H]([C@H](O)[C@H](O)CNCCCl)[C@H](O)CNCCCl. The number of hydrogen-bond acceptors (Lipinski definition) is 35. The fraction of sp³-hybridized carbons (Fsp3) is 0.722. The minimum Gasteiger partial charge on any atom is -0.496 e. The van der Waals surface area contributed by atoms with Crippen molar-refractivity contribution in [3.8, 4) is 5.75 Å². The number of piperidine rings is 1. The van der Waals surface area contributed by atoms with Gasteiger partial charge in [-0.3, -0.25) is 47.9 Å². The van der Waals surface area contributed by atoms with Gasteiger partial charge >= 0.3 is 22.5 Å². The van der Waals surface area contributed by atoms with Crippen LogP contribution >= 0.6 is 119 Å². The highest BCUT2D eigenvalue weighted by Gasteiger charge is 2.78. The zero-order chi connectivity index (χ0) is 109. The number of piperazine rings is 1. The third-order valence-electron chi connectivity index (χ3n) is 25.9. The minimum absolute atomic E-state index is 0.0790. The van der Waals surface area contributed by atoms with Crippen molar-refractivity contribution in [3.63, 3.8) is 0 Å².